The van der Waals surface area contributed by atoms with Crippen molar-refractivity contribution < 1.29 is 54.1 Å². The molecule has 2 saturated heterocycles. The molecule has 0 unspecified atom stereocenters. The molecular formula is C26H30N2O11. The lowest BCUT2D eigenvalue weighted by Crippen LogP contribution is -2.60. The van der Waals surface area contributed by atoms with Crippen molar-refractivity contribution >= 4 is 23.4 Å². The van der Waals surface area contributed by atoms with Crippen LogP contribution < -0.4 is 5.32 Å². The Morgan fingerprint density at radius 1 is 1.13 bits per heavy atom. The summed E-state index contributed by atoms with van der Waals surface area (Å²) in [5.41, 5.74) is -0.912. The molecule has 13 heteroatoms. The van der Waals surface area contributed by atoms with E-state index in [4.69, 9.17) is 14.2 Å². The van der Waals surface area contributed by atoms with Crippen LogP contribution in [0.5, 0.6) is 0 Å². The van der Waals surface area contributed by atoms with Gasteiger partial charge in [-0.15, -0.1) is 6.58 Å². The summed E-state index contributed by atoms with van der Waals surface area (Å²) >= 11 is 0. The average molecular weight is 547 g/mol. The zero-order valence-corrected chi connectivity index (χ0v) is 20.8. The molecule has 1 aromatic carbocycles. The van der Waals surface area contributed by atoms with Gasteiger partial charge in [0.25, 0.3) is 11.8 Å². The third-order valence-corrected chi connectivity index (χ3v) is 7.78. The van der Waals surface area contributed by atoms with Gasteiger partial charge in [0, 0.05) is 42.5 Å². The Bertz CT molecular complexity index is 1200. The first kappa shape index (κ1) is 27.4. The second-order valence-electron chi connectivity index (χ2n) is 10.00. The number of piperidine rings is 1. The summed E-state index contributed by atoms with van der Waals surface area (Å²) in [5, 5.41) is 53.5. The third-order valence-electron chi connectivity index (χ3n) is 7.78. The molecule has 3 amide bonds. The number of aliphatic hydroxyl groups excluding tert-OH is 4. The van der Waals surface area contributed by atoms with Crippen LogP contribution in [0.2, 0.25) is 0 Å². The van der Waals surface area contributed by atoms with Gasteiger partial charge in [0.15, 0.2) is 11.9 Å². The van der Waals surface area contributed by atoms with Crippen molar-refractivity contribution in [1.29, 1.82) is 0 Å². The Kier molecular flexibility index (Phi) is 7.33. The van der Waals surface area contributed by atoms with E-state index >= 15 is 0 Å². The first-order chi connectivity index (χ1) is 18.6. The number of anilines is 1. The highest BCUT2D eigenvalue weighted by molar-refractivity contribution is 6.08. The van der Waals surface area contributed by atoms with Gasteiger partial charge < -0.3 is 45.1 Å². The molecule has 5 rings (SSSR count). The van der Waals surface area contributed by atoms with E-state index in [0.29, 0.717) is 11.3 Å². The molecule has 0 bridgehead atoms. The molecule has 6 N–H and O–H groups in total. The number of amides is 3. The number of nitrogens with one attached hydrogen (secondary N) is 1. The number of imide groups is 1. The average Bonchev–Trinajstić information content (AvgIpc) is 3.18. The number of hydrogen-bond donors (Lipinski definition) is 6. The number of para-hydroxylation sites is 1. The monoisotopic (exact) mass is 546 g/mol. The van der Waals surface area contributed by atoms with Crippen LogP contribution >= 0.6 is 0 Å². The van der Waals surface area contributed by atoms with Crippen LogP contribution in [0, 0.1) is 11.8 Å². The highest BCUT2D eigenvalue weighted by Gasteiger charge is 2.51. The number of rotatable bonds is 7. The number of likely N-dealkylation sites (tertiary alicyclic amines) is 1. The van der Waals surface area contributed by atoms with Crippen LogP contribution in [-0.4, -0.2) is 98.3 Å². The summed E-state index contributed by atoms with van der Waals surface area (Å²) in [7, 11) is 0. The fourth-order valence-electron chi connectivity index (χ4n) is 5.50. The molecule has 0 aliphatic carbocycles. The maximum absolute atomic E-state index is 13.3. The fourth-order valence-corrected chi connectivity index (χ4v) is 5.50. The molecule has 0 radical (unpaired) electrons. The number of hydrogen-bond acceptors (Lipinski definition) is 11. The molecule has 1 aromatic rings. The number of carbonyl (C=O) groups excluding carboxylic acids is 3. The number of fused-ring (bicyclic) bond motifs is 2. The molecule has 0 saturated carbocycles. The van der Waals surface area contributed by atoms with Crippen molar-refractivity contribution in [3.63, 3.8) is 0 Å². The van der Waals surface area contributed by atoms with Crippen molar-refractivity contribution in [2.45, 2.75) is 55.4 Å². The van der Waals surface area contributed by atoms with E-state index in [1.807, 2.05) is 0 Å². The largest absolute Gasteiger partial charge is 0.471 e. The molecule has 4 aliphatic heterocycles. The molecule has 9 atom stereocenters. The van der Waals surface area contributed by atoms with Gasteiger partial charge in [-0.05, 0) is 6.07 Å². The lowest BCUT2D eigenvalue weighted by atomic mass is 9.78. The molecule has 210 valence electrons. The van der Waals surface area contributed by atoms with Crippen LogP contribution in [0.25, 0.3) is 0 Å². The Hall–Kier alpha value is -3.17. The molecule has 39 heavy (non-hydrogen) atoms. The number of ether oxygens (including phenoxy) is 3. The van der Waals surface area contributed by atoms with E-state index in [1.54, 1.807) is 24.3 Å². The molecule has 0 spiro atoms. The molecule has 2 fully saturated rings. The first-order valence-electron chi connectivity index (χ1n) is 12.5. The van der Waals surface area contributed by atoms with Gasteiger partial charge in [-0.25, -0.2) is 0 Å². The number of carbonyl (C=O) groups is 3. The summed E-state index contributed by atoms with van der Waals surface area (Å²) in [6.07, 6.45) is -6.52. The van der Waals surface area contributed by atoms with E-state index in [9.17, 15) is 39.9 Å². The zero-order chi connectivity index (χ0) is 28.1. The summed E-state index contributed by atoms with van der Waals surface area (Å²) in [5.74, 6) is -3.26. The van der Waals surface area contributed by atoms with Crippen molar-refractivity contribution in [2.24, 2.45) is 11.8 Å². The standard InChI is InChI=1S/C26H30N2O11/c1-2-12-13-9-18(30)28(8-7-26(36)15-5-3-4-6-16(15)27-25(26)35)22(34)14(13)11-37-23(12)39-24-21(33)20(32)19(31)17(10-29)38-24/h2-6,11-13,17,19-21,23-24,29,31-33,36H,1,7-10H2,(H,27,35)/t12-,13-,17+,19+,20-,21+,23-,24-,26+/m0/s1. The minimum Gasteiger partial charge on any atom is -0.471 e. The Labute approximate surface area is 222 Å². The van der Waals surface area contributed by atoms with Gasteiger partial charge in [-0.1, -0.05) is 24.3 Å². The summed E-state index contributed by atoms with van der Waals surface area (Å²) in [6, 6.07) is 6.64. The molecular weight excluding hydrogens is 516 g/mol. The van der Waals surface area contributed by atoms with E-state index in [1.165, 1.54) is 6.08 Å². The molecule has 13 nitrogen and oxygen atoms in total. The Morgan fingerprint density at radius 2 is 1.87 bits per heavy atom. The van der Waals surface area contributed by atoms with Gasteiger partial charge in [-0.2, -0.15) is 0 Å². The zero-order valence-electron chi connectivity index (χ0n) is 20.8. The van der Waals surface area contributed by atoms with Crippen LogP contribution in [0.15, 0.2) is 48.8 Å². The maximum Gasteiger partial charge on any atom is 0.261 e. The van der Waals surface area contributed by atoms with Gasteiger partial charge in [0.1, 0.15) is 24.4 Å². The smallest absolute Gasteiger partial charge is 0.261 e. The van der Waals surface area contributed by atoms with Crippen LogP contribution in [0.4, 0.5) is 5.69 Å². The van der Waals surface area contributed by atoms with Crippen LogP contribution in [0.3, 0.4) is 0 Å². The minimum absolute atomic E-state index is 0.132. The number of nitrogens with zero attached hydrogens (tertiary/aromatic N) is 1. The van der Waals surface area contributed by atoms with Crippen molar-refractivity contribution in [2.75, 3.05) is 18.5 Å². The van der Waals surface area contributed by atoms with E-state index in [2.05, 4.69) is 11.9 Å². The summed E-state index contributed by atoms with van der Waals surface area (Å²) in [6.45, 7) is 2.90. The van der Waals surface area contributed by atoms with Gasteiger partial charge in [0.05, 0.1) is 18.4 Å². The SMILES string of the molecule is C=C[C@@H]1[C@H](O[C@@H]2O[C@H](CO)[C@@H](O)[C@H](O)[C@H]2O)OC=C2C(=O)N(CC[C@]3(O)C(=O)Nc4ccccc43)C(=O)C[C@H]21. The molecule has 4 heterocycles. The molecule has 0 aromatic heterocycles. The summed E-state index contributed by atoms with van der Waals surface area (Å²) < 4.78 is 16.7. The first-order valence-corrected chi connectivity index (χ1v) is 12.5. The third kappa shape index (κ3) is 4.55. The highest BCUT2D eigenvalue weighted by atomic mass is 16.8. The van der Waals surface area contributed by atoms with Crippen LogP contribution in [-0.2, 0) is 34.2 Å². The predicted octanol–water partition coefficient (Wildman–Crippen LogP) is -1.55. The van der Waals surface area contributed by atoms with Gasteiger partial charge in [-0.3, -0.25) is 19.3 Å². The molecule has 4 aliphatic rings. The van der Waals surface area contributed by atoms with E-state index in [-0.39, 0.29) is 25.0 Å². The normalized spacial score (nSPS) is 37.9. The lowest BCUT2D eigenvalue weighted by Gasteiger charge is -2.44. The van der Waals surface area contributed by atoms with E-state index < -0.39 is 78.8 Å². The predicted molar refractivity (Wildman–Crippen MR) is 130 cm³/mol. The Balaban J connectivity index is 1.30. The van der Waals surface area contributed by atoms with Crippen molar-refractivity contribution in [3.8, 4) is 0 Å². The second kappa shape index (κ2) is 10.4. The van der Waals surface area contributed by atoms with Crippen LogP contribution in [0.1, 0.15) is 18.4 Å². The topological polar surface area (TPSA) is 195 Å². The Morgan fingerprint density at radius 3 is 2.59 bits per heavy atom. The highest BCUT2D eigenvalue weighted by Crippen LogP contribution is 2.42. The minimum atomic E-state index is -1.90. The lowest BCUT2D eigenvalue weighted by molar-refractivity contribution is -0.339. The maximum atomic E-state index is 13.3. The quantitative estimate of drug-likeness (QED) is 0.171. The van der Waals surface area contributed by atoms with E-state index in [0.717, 1.165) is 11.2 Å². The summed E-state index contributed by atoms with van der Waals surface area (Å²) in [4.78, 5) is 39.9. The fraction of sp³-hybridized carbons (Fsp3) is 0.500. The number of benzene rings is 1. The van der Waals surface area contributed by atoms with Crippen molar-refractivity contribution in [1.82, 2.24) is 4.90 Å². The number of aliphatic hydroxyl groups is 5. The second-order valence-corrected chi connectivity index (χ2v) is 10.00. The van der Waals surface area contributed by atoms with Crippen molar-refractivity contribution in [3.05, 3.63) is 54.3 Å². The van der Waals surface area contributed by atoms with Gasteiger partial charge in [0.2, 0.25) is 12.2 Å². The van der Waals surface area contributed by atoms with Gasteiger partial charge >= 0.3 is 0 Å².